The summed E-state index contributed by atoms with van der Waals surface area (Å²) in [5, 5.41) is 0. The summed E-state index contributed by atoms with van der Waals surface area (Å²) >= 11 is -1.98. The van der Waals surface area contributed by atoms with Crippen LogP contribution in [0.15, 0.2) is 91.0 Å². The molecule has 0 aliphatic carbocycles. The fourth-order valence-corrected chi connectivity index (χ4v) is 9.67. The molecule has 0 nitrogen and oxygen atoms in total. The zero-order valence-corrected chi connectivity index (χ0v) is 13.5. The predicted molar refractivity (Wildman–Crippen MR) is 84.0 cm³/mol. The Morgan fingerprint density at radius 1 is 0.368 bits per heavy atom. The molecule has 0 N–H and O–H groups in total. The van der Waals surface area contributed by atoms with Gasteiger partial charge in [-0.25, -0.2) is 0 Å². The van der Waals surface area contributed by atoms with Gasteiger partial charge in [-0.3, -0.25) is 0 Å². The molecule has 0 spiro atoms. The van der Waals surface area contributed by atoms with E-state index in [1.54, 1.807) is 0 Å². The topological polar surface area (TPSA) is 0 Å². The Hall–Kier alpha value is -1.54. The van der Waals surface area contributed by atoms with Crippen molar-refractivity contribution in [2.75, 3.05) is 0 Å². The summed E-state index contributed by atoms with van der Waals surface area (Å²) in [5.74, 6) is 0. The second-order valence-corrected chi connectivity index (χ2v) is 11.6. The molecule has 0 saturated heterocycles. The van der Waals surface area contributed by atoms with Crippen LogP contribution in [0.1, 0.15) is 0 Å². The van der Waals surface area contributed by atoms with Crippen LogP contribution >= 0.6 is 0 Å². The van der Waals surface area contributed by atoms with E-state index < -0.39 is 19.8 Å². The van der Waals surface area contributed by atoms with Crippen molar-refractivity contribution in [1.29, 1.82) is 0 Å². The van der Waals surface area contributed by atoms with Crippen molar-refractivity contribution in [1.82, 2.24) is 0 Å². The van der Waals surface area contributed by atoms with E-state index in [1.165, 1.54) is 10.7 Å². The van der Waals surface area contributed by atoms with Gasteiger partial charge in [-0.1, -0.05) is 0 Å². The van der Waals surface area contributed by atoms with Gasteiger partial charge in [0.05, 0.1) is 0 Å². The molecule has 0 radical (unpaired) electrons. The third-order valence-corrected chi connectivity index (χ3v) is 11.0. The Balaban J connectivity index is 2.12. The van der Waals surface area contributed by atoms with Crippen molar-refractivity contribution < 1.29 is 0 Å². The van der Waals surface area contributed by atoms with Gasteiger partial charge >= 0.3 is 121 Å². The van der Waals surface area contributed by atoms with Crippen LogP contribution in [0.25, 0.3) is 0 Å². The maximum absolute atomic E-state index is 2.29. The molecule has 0 heterocycles. The molecule has 0 amide bonds. The second kappa shape index (κ2) is 6.07. The Morgan fingerprint density at radius 2 is 0.632 bits per heavy atom. The van der Waals surface area contributed by atoms with Crippen molar-refractivity contribution in [3.8, 4) is 0 Å². The van der Waals surface area contributed by atoms with Gasteiger partial charge in [0.15, 0.2) is 0 Å². The second-order valence-electron chi connectivity index (χ2n) is 4.47. The molecule has 90 valence electrons. The van der Waals surface area contributed by atoms with Crippen LogP contribution in [0.3, 0.4) is 0 Å². The Labute approximate surface area is 121 Å². The van der Waals surface area contributed by atoms with Crippen molar-refractivity contribution in [2.45, 2.75) is 0 Å². The van der Waals surface area contributed by atoms with E-state index in [4.69, 9.17) is 0 Å². The standard InChI is InChI=1S/3C6H5.Sn/c3*1-2-4-6-5-3-1;/h3*1-5H;/q;;;+1. The molecule has 3 aromatic rings. The first-order valence-electron chi connectivity index (χ1n) is 6.48. The Bertz CT molecular complexity index is 524. The Kier molecular flexibility index (Phi) is 3.99. The molecule has 3 rings (SSSR count). The van der Waals surface area contributed by atoms with Gasteiger partial charge in [-0.2, -0.15) is 0 Å². The van der Waals surface area contributed by atoms with Crippen LogP contribution in [0.4, 0.5) is 0 Å². The molecular weight excluding hydrogens is 335 g/mol. The molecule has 1 heteroatoms. The van der Waals surface area contributed by atoms with E-state index in [0.29, 0.717) is 0 Å². The van der Waals surface area contributed by atoms with E-state index in [9.17, 15) is 0 Å². The summed E-state index contributed by atoms with van der Waals surface area (Å²) < 4.78 is 4.59. The third-order valence-electron chi connectivity index (χ3n) is 3.19. The van der Waals surface area contributed by atoms with Crippen LogP contribution in [0.5, 0.6) is 0 Å². The van der Waals surface area contributed by atoms with Crippen LogP contribution < -0.4 is 10.7 Å². The number of rotatable bonds is 3. The summed E-state index contributed by atoms with van der Waals surface area (Å²) in [6, 6.07) is 32.9. The van der Waals surface area contributed by atoms with Gasteiger partial charge in [0.25, 0.3) is 0 Å². The van der Waals surface area contributed by atoms with Crippen LogP contribution in [0.2, 0.25) is 0 Å². The van der Waals surface area contributed by atoms with Crippen molar-refractivity contribution >= 4 is 30.5 Å². The molecule has 0 unspecified atom stereocenters. The normalized spacial score (nSPS) is 10.1. The summed E-state index contributed by atoms with van der Waals surface area (Å²) in [7, 11) is 0. The predicted octanol–water partition coefficient (Wildman–Crippen LogP) is 2.20. The van der Waals surface area contributed by atoms with Gasteiger partial charge in [0.1, 0.15) is 0 Å². The molecule has 0 atom stereocenters. The maximum atomic E-state index is 2.29. The summed E-state index contributed by atoms with van der Waals surface area (Å²) in [4.78, 5) is 0. The molecule has 0 aliphatic heterocycles. The van der Waals surface area contributed by atoms with Gasteiger partial charge < -0.3 is 0 Å². The van der Waals surface area contributed by atoms with Gasteiger partial charge in [-0.05, 0) is 0 Å². The quantitative estimate of drug-likeness (QED) is 0.636. The van der Waals surface area contributed by atoms with Crippen molar-refractivity contribution in [3.63, 3.8) is 0 Å². The zero-order valence-electron chi connectivity index (χ0n) is 10.7. The summed E-state index contributed by atoms with van der Waals surface area (Å²) in [5.41, 5.74) is 0. The molecule has 0 aliphatic rings. The van der Waals surface area contributed by atoms with Crippen LogP contribution in [-0.2, 0) is 0 Å². The molecule has 0 aromatic heterocycles. The molecule has 0 fully saturated rings. The van der Waals surface area contributed by atoms with Crippen molar-refractivity contribution in [2.24, 2.45) is 0 Å². The summed E-state index contributed by atoms with van der Waals surface area (Å²) in [6.07, 6.45) is 0. The monoisotopic (exact) mass is 351 g/mol. The number of hydrogen-bond donors (Lipinski definition) is 0. The molecule has 3 aromatic carbocycles. The van der Waals surface area contributed by atoms with E-state index >= 15 is 0 Å². The zero-order chi connectivity index (χ0) is 12.9. The first-order chi connectivity index (χ1) is 9.45. The number of hydrogen-bond acceptors (Lipinski definition) is 0. The first kappa shape index (κ1) is 12.5. The SMILES string of the molecule is c1cc[c]([Sn+]([c]2ccccc2)[c]2ccccc2)cc1. The Morgan fingerprint density at radius 3 is 0.895 bits per heavy atom. The average molecular weight is 350 g/mol. The minimum absolute atomic E-state index is 1.53. The van der Waals surface area contributed by atoms with E-state index in [2.05, 4.69) is 91.0 Å². The fraction of sp³-hybridized carbons (Fsp3) is 0. The summed E-state index contributed by atoms with van der Waals surface area (Å²) in [6.45, 7) is 0. The van der Waals surface area contributed by atoms with Gasteiger partial charge in [-0.15, -0.1) is 0 Å². The average Bonchev–Trinajstić information content (AvgIpc) is 2.51. The van der Waals surface area contributed by atoms with E-state index in [1.807, 2.05) is 0 Å². The first-order valence-corrected chi connectivity index (χ1v) is 10.8. The molecule has 0 saturated carbocycles. The van der Waals surface area contributed by atoms with E-state index in [-0.39, 0.29) is 0 Å². The van der Waals surface area contributed by atoms with Crippen molar-refractivity contribution in [3.05, 3.63) is 91.0 Å². The van der Waals surface area contributed by atoms with Crippen LogP contribution in [0, 0.1) is 0 Å². The third kappa shape index (κ3) is 2.90. The fourth-order valence-electron chi connectivity index (χ4n) is 2.31. The van der Waals surface area contributed by atoms with Gasteiger partial charge in [0.2, 0.25) is 0 Å². The van der Waals surface area contributed by atoms with Crippen LogP contribution in [-0.4, -0.2) is 19.8 Å². The molecule has 19 heavy (non-hydrogen) atoms. The van der Waals surface area contributed by atoms with E-state index in [0.717, 1.165) is 0 Å². The number of benzene rings is 3. The minimum atomic E-state index is -1.98. The molecular formula is C18H15Sn+. The van der Waals surface area contributed by atoms with Gasteiger partial charge in [0, 0.05) is 0 Å². The molecule has 0 bridgehead atoms.